The highest BCUT2D eigenvalue weighted by atomic mass is 15.3. The predicted molar refractivity (Wildman–Crippen MR) is 39.3 cm³/mol. The van der Waals surface area contributed by atoms with Crippen molar-refractivity contribution in [2.24, 2.45) is 0 Å². The molecule has 54 valence electrons. The minimum atomic E-state index is 0.564. The molecule has 0 bridgehead atoms. The molecular formula is C7H16N2. The van der Waals surface area contributed by atoms with E-state index in [4.69, 9.17) is 0 Å². The molecule has 0 aliphatic carbocycles. The summed E-state index contributed by atoms with van der Waals surface area (Å²) in [6.45, 7) is 5.68. The fourth-order valence-electron chi connectivity index (χ4n) is 1.21. The summed E-state index contributed by atoms with van der Waals surface area (Å²) < 4.78 is 0. The van der Waals surface area contributed by atoms with E-state index in [9.17, 15) is 0 Å². The van der Waals surface area contributed by atoms with Crippen molar-refractivity contribution >= 4 is 0 Å². The summed E-state index contributed by atoms with van der Waals surface area (Å²) >= 11 is 0. The molecule has 1 rings (SSSR count). The average molecular weight is 128 g/mol. The first-order valence-corrected chi connectivity index (χ1v) is 3.66. The van der Waals surface area contributed by atoms with Crippen molar-refractivity contribution in [3.05, 3.63) is 0 Å². The summed E-state index contributed by atoms with van der Waals surface area (Å²) in [5, 5.41) is 3.45. The van der Waals surface area contributed by atoms with Crippen molar-refractivity contribution in [1.82, 2.24) is 10.2 Å². The summed E-state index contributed by atoms with van der Waals surface area (Å²) in [6.07, 6.45) is 1.84. The molecule has 0 aromatic heterocycles. The molecule has 1 aliphatic heterocycles. The number of nitrogens with one attached hydrogen (secondary N) is 1. The number of hydrogen-bond donors (Lipinski definition) is 1. The van der Waals surface area contributed by atoms with E-state index in [0.717, 1.165) is 0 Å². The van der Waals surface area contributed by atoms with Crippen LogP contribution in [0.25, 0.3) is 0 Å². The molecule has 1 saturated heterocycles. The Morgan fingerprint density at radius 3 is 2.56 bits per heavy atom. The smallest absolute Gasteiger partial charge is 0.0567 e. The predicted octanol–water partition coefficient (Wildman–Crippen LogP) is 0.646. The van der Waals surface area contributed by atoms with Gasteiger partial charge < -0.3 is 0 Å². The number of nitrogens with zero attached hydrogens (tertiary/aromatic N) is 1. The molecule has 0 aromatic carbocycles. The van der Waals surface area contributed by atoms with Crippen LogP contribution in [0.5, 0.6) is 0 Å². The van der Waals surface area contributed by atoms with Crippen LogP contribution >= 0.6 is 0 Å². The number of hydrogen-bond acceptors (Lipinski definition) is 2. The topological polar surface area (TPSA) is 15.3 Å². The molecule has 2 atom stereocenters. The molecule has 1 aliphatic rings. The van der Waals surface area contributed by atoms with E-state index in [1.165, 1.54) is 13.0 Å². The summed E-state index contributed by atoms with van der Waals surface area (Å²) in [5.41, 5.74) is 0. The van der Waals surface area contributed by atoms with Gasteiger partial charge in [0.1, 0.15) is 0 Å². The normalized spacial score (nSPS) is 39.0. The van der Waals surface area contributed by atoms with Crippen molar-refractivity contribution in [2.75, 3.05) is 13.6 Å². The molecule has 2 nitrogen and oxygen atoms in total. The lowest BCUT2D eigenvalue weighted by atomic mass is 10.1. The van der Waals surface area contributed by atoms with Gasteiger partial charge in [-0.2, -0.15) is 0 Å². The Balaban J connectivity index is 2.35. The molecule has 2 heteroatoms. The van der Waals surface area contributed by atoms with Gasteiger partial charge >= 0.3 is 0 Å². The Morgan fingerprint density at radius 2 is 2.11 bits per heavy atom. The molecule has 1 heterocycles. The van der Waals surface area contributed by atoms with Gasteiger partial charge in [-0.05, 0) is 27.3 Å². The van der Waals surface area contributed by atoms with Gasteiger partial charge in [-0.1, -0.05) is 0 Å². The molecule has 0 radical (unpaired) electrons. The van der Waals surface area contributed by atoms with Crippen LogP contribution in [0.3, 0.4) is 0 Å². The Bertz CT molecular complexity index is 92.9. The third kappa shape index (κ3) is 1.66. The summed E-state index contributed by atoms with van der Waals surface area (Å²) in [7, 11) is 2.16. The zero-order chi connectivity index (χ0) is 6.85. The van der Waals surface area contributed by atoms with E-state index >= 15 is 0 Å². The monoisotopic (exact) mass is 128 g/mol. The van der Waals surface area contributed by atoms with Crippen LogP contribution < -0.4 is 5.32 Å². The molecular weight excluding hydrogens is 112 g/mol. The average Bonchev–Trinajstić information content (AvgIpc) is 1.80. The Kier molecular flexibility index (Phi) is 2.09. The van der Waals surface area contributed by atoms with E-state index in [2.05, 4.69) is 31.1 Å². The SMILES string of the molecule is CC1CCN(C)C(C)N1. The van der Waals surface area contributed by atoms with Crippen LogP contribution in [-0.2, 0) is 0 Å². The van der Waals surface area contributed by atoms with E-state index in [-0.39, 0.29) is 0 Å². The number of rotatable bonds is 0. The molecule has 0 amide bonds. The van der Waals surface area contributed by atoms with Crippen molar-refractivity contribution in [3.63, 3.8) is 0 Å². The molecule has 0 spiro atoms. The maximum atomic E-state index is 3.45. The zero-order valence-corrected chi connectivity index (χ0v) is 6.52. The van der Waals surface area contributed by atoms with Crippen LogP contribution in [0.15, 0.2) is 0 Å². The summed E-state index contributed by atoms with van der Waals surface area (Å²) in [4.78, 5) is 2.33. The lowest BCUT2D eigenvalue weighted by Crippen LogP contribution is -2.51. The van der Waals surface area contributed by atoms with Gasteiger partial charge in [-0.25, -0.2) is 0 Å². The summed E-state index contributed by atoms with van der Waals surface area (Å²) in [5.74, 6) is 0. The Hall–Kier alpha value is -0.0800. The third-order valence-electron chi connectivity index (χ3n) is 2.10. The second-order valence-corrected chi connectivity index (χ2v) is 3.01. The van der Waals surface area contributed by atoms with E-state index in [0.29, 0.717) is 12.2 Å². The minimum absolute atomic E-state index is 0.564. The van der Waals surface area contributed by atoms with Gasteiger partial charge in [0.2, 0.25) is 0 Å². The molecule has 2 unspecified atom stereocenters. The molecule has 1 N–H and O–H groups in total. The first-order valence-electron chi connectivity index (χ1n) is 3.66. The lowest BCUT2D eigenvalue weighted by molar-refractivity contribution is 0.152. The van der Waals surface area contributed by atoms with Gasteiger partial charge in [0.25, 0.3) is 0 Å². The van der Waals surface area contributed by atoms with Crippen LogP contribution in [0.4, 0.5) is 0 Å². The van der Waals surface area contributed by atoms with Gasteiger partial charge in [-0.15, -0.1) is 0 Å². The molecule has 0 aromatic rings. The highest BCUT2D eigenvalue weighted by Crippen LogP contribution is 2.04. The Morgan fingerprint density at radius 1 is 1.44 bits per heavy atom. The van der Waals surface area contributed by atoms with Gasteiger partial charge in [0.05, 0.1) is 6.17 Å². The second kappa shape index (κ2) is 2.67. The minimum Gasteiger partial charge on any atom is -0.299 e. The van der Waals surface area contributed by atoms with Crippen molar-refractivity contribution in [2.45, 2.75) is 32.5 Å². The molecule has 0 saturated carbocycles. The highest BCUT2D eigenvalue weighted by Gasteiger charge is 2.17. The Labute approximate surface area is 57.2 Å². The van der Waals surface area contributed by atoms with Crippen molar-refractivity contribution in [1.29, 1.82) is 0 Å². The summed E-state index contributed by atoms with van der Waals surface area (Å²) in [6, 6.07) is 0.705. The quantitative estimate of drug-likeness (QED) is 0.515. The van der Waals surface area contributed by atoms with Crippen LogP contribution in [0.1, 0.15) is 20.3 Å². The fraction of sp³-hybridized carbons (Fsp3) is 1.00. The lowest BCUT2D eigenvalue weighted by Gasteiger charge is -2.34. The molecule has 1 fully saturated rings. The van der Waals surface area contributed by atoms with E-state index in [1.807, 2.05) is 0 Å². The maximum absolute atomic E-state index is 3.45. The first-order chi connectivity index (χ1) is 4.20. The van der Waals surface area contributed by atoms with Gasteiger partial charge in [0, 0.05) is 12.6 Å². The third-order valence-corrected chi connectivity index (χ3v) is 2.10. The van der Waals surface area contributed by atoms with Crippen molar-refractivity contribution in [3.8, 4) is 0 Å². The van der Waals surface area contributed by atoms with Crippen molar-refractivity contribution < 1.29 is 0 Å². The van der Waals surface area contributed by atoms with Gasteiger partial charge in [-0.3, -0.25) is 10.2 Å². The maximum Gasteiger partial charge on any atom is 0.0567 e. The van der Waals surface area contributed by atoms with Crippen LogP contribution in [0, 0.1) is 0 Å². The second-order valence-electron chi connectivity index (χ2n) is 3.01. The fourth-order valence-corrected chi connectivity index (χ4v) is 1.21. The standard InChI is InChI=1S/C7H16N2/c1-6-4-5-9(3)7(2)8-6/h6-8H,4-5H2,1-3H3. The van der Waals surface area contributed by atoms with Crippen LogP contribution in [-0.4, -0.2) is 30.7 Å². The highest BCUT2D eigenvalue weighted by molar-refractivity contribution is 4.74. The van der Waals surface area contributed by atoms with Gasteiger partial charge in [0.15, 0.2) is 0 Å². The zero-order valence-electron chi connectivity index (χ0n) is 6.52. The van der Waals surface area contributed by atoms with E-state index in [1.54, 1.807) is 0 Å². The van der Waals surface area contributed by atoms with Crippen LogP contribution in [0.2, 0.25) is 0 Å². The first kappa shape index (κ1) is 7.03. The van der Waals surface area contributed by atoms with E-state index < -0.39 is 0 Å². The molecule has 9 heavy (non-hydrogen) atoms. The largest absolute Gasteiger partial charge is 0.299 e.